The van der Waals surface area contributed by atoms with E-state index in [-0.39, 0.29) is 24.8 Å². The van der Waals surface area contributed by atoms with Gasteiger partial charge in [0.2, 0.25) is 11.8 Å². The van der Waals surface area contributed by atoms with Gasteiger partial charge in [-0.2, -0.15) is 0 Å². The quantitative estimate of drug-likeness (QED) is 0.820. The van der Waals surface area contributed by atoms with Crippen molar-refractivity contribution in [2.75, 3.05) is 13.1 Å². The van der Waals surface area contributed by atoms with E-state index in [0.29, 0.717) is 24.9 Å². The van der Waals surface area contributed by atoms with Crippen molar-refractivity contribution in [2.24, 2.45) is 0 Å². The van der Waals surface area contributed by atoms with Crippen LogP contribution < -0.4 is 10.6 Å². The Kier molecular flexibility index (Phi) is 3.96. The van der Waals surface area contributed by atoms with E-state index < -0.39 is 17.3 Å². The van der Waals surface area contributed by atoms with Gasteiger partial charge in [0.25, 0.3) is 5.92 Å². The largest absolute Gasteiger partial charge is 0.311 e. The summed E-state index contributed by atoms with van der Waals surface area (Å²) in [5.41, 5.74) is 0.558. The number of nitrogens with one attached hydrogen (secondary N) is 2. The van der Waals surface area contributed by atoms with Crippen LogP contribution in [0.3, 0.4) is 0 Å². The minimum Gasteiger partial charge on any atom is -0.311 e. The van der Waals surface area contributed by atoms with Crippen molar-refractivity contribution in [1.82, 2.24) is 10.6 Å². The average Bonchev–Trinajstić information content (AvgIpc) is 2.51. The molecule has 0 aromatic heterocycles. The first-order valence-corrected chi connectivity index (χ1v) is 7.86. The third kappa shape index (κ3) is 2.87. The van der Waals surface area contributed by atoms with E-state index in [1.54, 1.807) is 31.2 Å². The fourth-order valence-corrected chi connectivity index (χ4v) is 3.41. The minimum atomic E-state index is -2.77. The summed E-state index contributed by atoms with van der Waals surface area (Å²) in [6.07, 6.45) is 1.11. The number of carbonyl (C=O) groups is 2. The van der Waals surface area contributed by atoms with Gasteiger partial charge in [-0.25, -0.2) is 8.78 Å². The minimum absolute atomic E-state index is 0.265. The maximum Gasteiger partial charge on any atom is 0.267 e. The molecule has 4 nitrogen and oxygen atoms in total. The Hall–Kier alpha value is -1.82. The number of piperidine rings is 2. The van der Waals surface area contributed by atoms with Crippen molar-refractivity contribution in [1.29, 1.82) is 0 Å². The van der Waals surface area contributed by atoms with Crippen LogP contribution in [0.2, 0.25) is 0 Å². The van der Waals surface area contributed by atoms with Gasteiger partial charge in [0.15, 0.2) is 0 Å². The van der Waals surface area contributed by atoms with Crippen LogP contribution in [-0.2, 0) is 15.0 Å². The molecular formula is C17H20F2N2O2. The van der Waals surface area contributed by atoms with Crippen molar-refractivity contribution in [3.05, 3.63) is 35.4 Å². The van der Waals surface area contributed by atoms with Crippen LogP contribution >= 0.6 is 0 Å². The number of imide groups is 1. The lowest BCUT2D eigenvalue weighted by atomic mass is 9.75. The van der Waals surface area contributed by atoms with Crippen LogP contribution in [0.4, 0.5) is 8.78 Å². The molecule has 2 saturated heterocycles. The topological polar surface area (TPSA) is 58.2 Å². The summed E-state index contributed by atoms with van der Waals surface area (Å²) in [6, 6.07) is 6.86. The Balaban J connectivity index is 1.85. The van der Waals surface area contributed by atoms with Gasteiger partial charge >= 0.3 is 0 Å². The number of alkyl halides is 2. The zero-order chi connectivity index (χ0) is 16.7. The number of hydrogen-bond acceptors (Lipinski definition) is 3. The molecular weight excluding hydrogens is 302 g/mol. The zero-order valence-corrected chi connectivity index (χ0v) is 13.0. The zero-order valence-electron chi connectivity index (χ0n) is 13.0. The Morgan fingerprint density at radius 1 is 1.17 bits per heavy atom. The molecule has 124 valence electrons. The molecule has 0 radical (unpaired) electrons. The molecule has 6 heteroatoms. The molecule has 2 aliphatic rings. The second kappa shape index (κ2) is 5.67. The van der Waals surface area contributed by atoms with Crippen LogP contribution in [0.1, 0.15) is 43.2 Å². The lowest BCUT2D eigenvalue weighted by molar-refractivity contribution is -0.137. The maximum atomic E-state index is 14.0. The number of carbonyl (C=O) groups excluding carboxylic acids is 2. The highest BCUT2D eigenvalue weighted by molar-refractivity contribution is 6.03. The standard InChI is InChI=1S/C17H20F2N2O2/c1-16(8-6-14(22)21-15(16)23)12-4-2-11(3-5-12)13-7-9-20-10-17(13,18)19/h2-5,13,20H,6-10H2,1H3,(H,21,22,23)/t13?,16-/m1/s1. The normalized spacial score (nSPS) is 30.8. The van der Waals surface area contributed by atoms with Crippen LogP contribution in [0.5, 0.6) is 0 Å². The molecule has 2 aliphatic heterocycles. The Morgan fingerprint density at radius 2 is 1.87 bits per heavy atom. The summed E-state index contributed by atoms with van der Waals surface area (Å²) in [5, 5.41) is 5.07. The van der Waals surface area contributed by atoms with Gasteiger partial charge in [-0.15, -0.1) is 0 Å². The first kappa shape index (κ1) is 16.1. The summed E-state index contributed by atoms with van der Waals surface area (Å²) < 4.78 is 28.1. The number of benzene rings is 1. The summed E-state index contributed by atoms with van der Waals surface area (Å²) in [6.45, 7) is 2.05. The average molecular weight is 322 g/mol. The van der Waals surface area contributed by atoms with Crippen LogP contribution in [0.15, 0.2) is 24.3 Å². The Morgan fingerprint density at radius 3 is 2.48 bits per heavy atom. The molecule has 0 spiro atoms. The number of amides is 2. The summed E-state index contributed by atoms with van der Waals surface area (Å²) in [7, 11) is 0. The highest BCUT2D eigenvalue weighted by atomic mass is 19.3. The SMILES string of the molecule is C[C@]1(c2ccc(C3CCNCC3(F)F)cc2)CCC(=O)NC1=O. The number of halogens is 2. The number of hydrogen-bond donors (Lipinski definition) is 2. The monoisotopic (exact) mass is 322 g/mol. The van der Waals surface area contributed by atoms with Gasteiger partial charge in [0.05, 0.1) is 17.9 Å². The molecule has 1 unspecified atom stereocenters. The first-order chi connectivity index (χ1) is 10.8. The van der Waals surface area contributed by atoms with E-state index >= 15 is 0 Å². The molecule has 0 aliphatic carbocycles. The van der Waals surface area contributed by atoms with Crippen molar-refractivity contribution < 1.29 is 18.4 Å². The second-order valence-corrected chi connectivity index (χ2v) is 6.61. The molecule has 2 atom stereocenters. The number of rotatable bonds is 2. The van der Waals surface area contributed by atoms with Crippen molar-refractivity contribution in [3.8, 4) is 0 Å². The van der Waals surface area contributed by atoms with Crippen LogP contribution in [-0.4, -0.2) is 30.8 Å². The van der Waals surface area contributed by atoms with E-state index in [1.165, 1.54) is 0 Å². The lowest BCUT2D eigenvalue weighted by Gasteiger charge is -2.34. The van der Waals surface area contributed by atoms with Gasteiger partial charge in [-0.05, 0) is 37.4 Å². The van der Waals surface area contributed by atoms with E-state index in [1.807, 2.05) is 0 Å². The predicted molar refractivity (Wildman–Crippen MR) is 81.4 cm³/mol. The maximum absolute atomic E-state index is 14.0. The molecule has 0 saturated carbocycles. The third-order valence-electron chi connectivity index (χ3n) is 5.04. The Labute approximate surface area is 133 Å². The molecule has 1 aromatic rings. The highest BCUT2D eigenvalue weighted by Crippen LogP contribution is 2.39. The van der Waals surface area contributed by atoms with Crippen molar-refractivity contribution in [3.63, 3.8) is 0 Å². The molecule has 23 heavy (non-hydrogen) atoms. The van der Waals surface area contributed by atoms with Crippen LogP contribution in [0.25, 0.3) is 0 Å². The molecule has 0 bridgehead atoms. The van der Waals surface area contributed by atoms with E-state index in [4.69, 9.17) is 0 Å². The van der Waals surface area contributed by atoms with E-state index in [9.17, 15) is 18.4 Å². The molecule has 3 rings (SSSR count). The van der Waals surface area contributed by atoms with Crippen molar-refractivity contribution >= 4 is 11.8 Å². The highest BCUT2D eigenvalue weighted by Gasteiger charge is 2.43. The lowest BCUT2D eigenvalue weighted by Crippen LogP contribution is -2.49. The van der Waals surface area contributed by atoms with Gasteiger partial charge in [-0.1, -0.05) is 24.3 Å². The molecule has 2 amide bonds. The van der Waals surface area contributed by atoms with Gasteiger partial charge in [0, 0.05) is 6.42 Å². The molecule has 1 aromatic carbocycles. The second-order valence-electron chi connectivity index (χ2n) is 6.61. The smallest absolute Gasteiger partial charge is 0.267 e. The third-order valence-corrected chi connectivity index (χ3v) is 5.04. The first-order valence-electron chi connectivity index (χ1n) is 7.86. The molecule has 2 N–H and O–H groups in total. The van der Waals surface area contributed by atoms with Crippen LogP contribution in [0, 0.1) is 0 Å². The van der Waals surface area contributed by atoms with Crippen molar-refractivity contribution in [2.45, 2.75) is 43.4 Å². The van der Waals surface area contributed by atoms with Gasteiger partial charge < -0.3 is 5.32 Å². The summed E-state index contributed by atoms with van der Waals surface area (Å²) in [4.78, 5) is 23.5. The van der Waals surface area contributed by atoms with Gasteiger partial charge in [-0.3, -0.25) is 14.9 Å². The Bertz CT molecular complexity index is 630. The van der Waals surface area contributed by atoms with E-state index in [2.05, 4.69) is 10.6 Å². The molecule has 2 heterocycles. The fraction of sp³-hybridized carbons (Fsp3) is 0.529. The predicted octanol–water partition coefficient (Wildman–Crippen LogP) is 2.09. The fourth-order valence-electron chi connectivity index (χ4n) is 3.41. The molecule has 2 fully saturated rings. The van der Waals surface area contributed by atoms with E-state index in [0.717, 1.165) is 5.56 Å². The summed E-state index contributed by atoms with van der Waals surface area (Å²) in [5.74, 6) is -4.15. The summed E-state index contributed by atoms with van der Waals surface area (Å²) >= 11 is 0. The van der Waals surface area contributed by atoms with Gasteiger partial charge in [0.1, 0.15) is 0 Å².